The van der Waals surface area contributed by atoms with Crippen LogP contribution in [-0.4, -0.2) is 20.5 Å². The number of hydrogen-bond donors (Lipinski definition) is 0. The lowest BCUT2D eigenvalue weighted by Gasteiger charge is -2.25. The summed E-state index contributed by atoms with van der Waals surface area (Å²) in [5.74, 6) is 0.670. The van der Waals surface area contributed by atoms with Gasteiger partial charge in [-0.05, 0) is 61.4 Å². The van der Waals surface area contributed by atoms with E-state index in [4.69, 9.17) is 4.74 Å². The van der Waals surface area contributed by atoms with Crippen molar-refractivity contribution < 1.29 is 13.2 Å². The smallest absolute Gasteiger partial charge is 0.264 e. The molecule has 2 aromatic carbocycles. The van der Waals surface area contributed by atoms with Crippen molar-refractivity contribution in [2.24, 2.45) is 0 Å². The molecule has 1 aromatic heterocycles. The molecule has 0 aliphatic rings. The van der Waals surface area contributed by atoms with Gasteiger partial charge in [0.05, 0.1) is 24.2 Å². The summed E-state index contributed by atoms with van der Waals surface area (Å²) in [5, 5.41) is 0. The highest BCUT2D eigenvalue weighted by Crippen LogP contribution is 2.29. The van der Waals surface area contributed by atoms with Crippen molar-refractivity contribution in [3.8, 4) is 5.75 Å². The van der Waals surface area contributed by atoms with Crippen LogP contribution in [0.25, 0.3) is 0 Å². The summed E-state index contributed by atoms with van der Waals surface area (Å²) in [6, 6.07) is 16.0. The van der Waals surface area contributed by atoms with Gasteiger partial charge in [-0.15, -0.1) is 0 Å². The first-order valence-electron chi connectivity index (χ1n) is 8.55. The van der Waals surface area contributed by atoms with E-state index < -0.39 is 10.0 Å². The van der Waals surface area contributed by atoms with E-state index in [2.05, 4.69) is 4.98 Å². The normalized spacial score (nSPS) is 11.2. The maximum Gasteiger partial charge on any atom is 0.264 e. The summed E-state index contributed by atoms with van der Waals surface area (Å²) in [4.78, 5) is 4.40. The van der Waals surface area contributed by atoms with Gasteiger partial charge in [0.1, 0.15) is 5.75 Å². The van der Waals surface area contributed by atoms with E-state index in [0.717, 1.165) is 16.7 Å². The van der Waals surface area contributed by atoms with Crippen LogP contribution >= 0.6 is 0 Å². The summed E-state index contributed by atoms with van der Waals surface area (Å²) in [7, 11) is -2.18. The number of aromatic nitrogens is 1. The van der Waals surface area contributed by atoms with Crippen molar-refractivity contribution in [2.45, 2.75) is 25.3 Å². The number of rotatable bonds is 6. The van der Waals surface area contributed by atoms with Gasteiger partial charge >= 0.3 is 0 Å². The second-order valence-electron chi connectivity index (χ2n) is 6.34. The Balaban J connectivity index is 2.09. The van der Waals surface area contributed by atoms with E-state index in [1.165, 1.54) is 4.31 Å². The van der Waals surface area contributed by atoms with Crippen molar-refractivity contribution >= 4 is 15.7 Å². The van der Waals surface area contributed by atoms with E-state index in [1.54, 1.807) is 55.9 Å². The van der Waals surface area contributed by atoms with E-state index >= 15 is 0 Å². The molecular weight excluding hydrogens is 360 g/mol. The first-order valence-corrected chi connectivity index (χ1v) is 9.99. The highest BCUT2D eigenvalue weighted by atomic mass is 32.2. The molecule has 140 valence electrons. The Morgan fingerprint density at radius 3 is 2.37 bits per heavy atom. The monoisotopic (exact) mass is 382 g/mol. The van der Waals surface area contributed by atoms with E-state index in [1.807, 2.05) is 32.0 Å². The summed E-state index contributed by atoms with van der Waals surface area (Å²) in [6.07, 6.45) is 3.34. The van der Waals surface area contributed by atoms with Gasteiger partial charge in [0.15, 0.2) is 0 Å². The molecule has 0 fully saturated rings. The maximum absolute atomic E-state index is 13.5. The number of aryl methyl sites for hydroxylation is 2. The third kappa shape index (κ3) is 4.11. The largest absolute Gasteiger partial charge is 0.497 e. The average molecular weight is 382 g/mol. The second kappa shape index (κ2) is 7.80. The van der Waals surface area contributed by atoms with Crippen LogP contribution in [0.1, 0.15) is 16.7 Å². The van der Waals surface area contributed by atoms with Gasteiger partial charge in [0, 0.05) is 12.4 Å². The Kier molecular flexibility index (Phi) is 5.46. The molecule has 0 N–H and O–H groups in total. The minimum Gasteiger partial charge on any atom is -0.497 e. The quantitative estimate of drug-likeness (QED) is 0.644. The fourth-order valence-electron chi connectivity index (χ4n) is 2.93. The number of anilines is 1. The molecule has 5 nitrogen and oxygen atoms in total. The molecule has 0 spiro atoms. The molecule has 0 radical (unpaired) electrons. The van der Waals surface area contributed by atoms with Crippen molar-refractivity contribution in [2.75, 3.05) is 11.4 Å². The molecule has 0 saturated carbocycles. The van der Waals surface area contributed by atoms with Gasteiger partial charge in [-0.1, -0.05) is 23.8 Å². The SMILES string of the molecule is COc1ccc(N(Cc2cccnc2)S(=O)(=O)c2ccc(C)cc2C)cc1. The first-order chi connectivity index (χ1) is 12.9. The first kappa shape index (κ1) is 18.9. The van der Waals surface area contributed by atoms with Gasteiger partial charge < -0.3 is 4.74 Å². The predicted molar refractivity (Wildman–Crippen MR) is 107 cm³/mol. The zero-order valence-corrected chi connectivity index (χ0v) is 16.4. The van der Waals surface area contributed by atoms with Gasteiger partial charge in [0.2, 0.25) is 0 Å². The van der Waals surface area contributed by atoms with Gasteiger partial charge in [-0.2, -0.15) is 0 Å². The highest BCUT2D eigenvalue weighted by Gasteiger charge is 2.27. The summed E-state index contributed by atoms with van der Waals surface area (Å²) in [5.41, 5.74) is 3.12. The van der Waals surface area contributed by atoms with E-state index in [9.17, 15) is 8.42 Å². The van der Waals surface area contributed by atoms with Gasteiger partial charge in [-0.25, -0.2) is 8.42 Å². The molecule has 0 bridgehead atoms. The second-order valence-corrected chi connectivity index (χ2v) is 8.17. The molecule has 0 aliphatic heterocycles. The minimum absolute atomic E-state index is 0.190. The molecule has 0 amide bonds. The number of benzene rings is 2. The maximum atomic E-state index is 13.5. The van der Waals surface area contributed by atoms with Crippen LogP contribution in [0.5, 0.6) is 5.75 Å². The molecule has 3 aromatic rings. The van der Waals surface area contributed by atoms with Crippen LogP contribution in [-0.2, 0) is 16.6 Å². The summed E-state index contributed by atoms with van der Waals surface area (Å²) >= 11 is 0. The molecule has 6 heteroatoms. The standard InChI is InChI=1S/C21H22N2O3S/c1-16-6-11-21(17(2)13-16)27(24,25)23(15-18-5-4-12-22-14-18)19-7-9-20(26-3)10-8-19/h4-14H,15H2,1-3H3. The molecular formula is C21H22N2O3S. The van der Waals surface area contributed by atoms with Gasteiger partial charge in [-0.3, -0.25) is 9.29 Å². The average Bonchev–Trinajstić information content (AvgIpc) is 2.66. The minimum atomic E-state index is -3.75. The Morgan fingerprint density at radius 1 is 1.04 bits per heavy atom. The Morgan fingerprint density at radius 2 is 1.78 bits per heavy atom. The summed E-state index contributed by atoms with van der Waals surface area (Å²) in [6.45, 7) is 3.95. The third-order valence-electron chi connectivity index (χ3n) is 4.31. The van der Waals surface area contributed by atoms with Crippen LogP contribution in [0.3, 0.4) is 0 Å². The van der Waals surface area contributed by atoms with E-state index in [-0.39, 0.29) is 6.54 Å². The lowest BCUT2D eigenvalue weighted by atomic mass is 10.2. The Labute approximate surface area is 160 Å². The number of pyridine rings is 1. The Hall–Kier alpha value is -2.86. The lowest BCUT2D eigenvalue weighted by Crippen LogP contribution is -2.31. The fourth-order valence-corrected chi connectivity index (χ4v) is 4.59. The molecule has 27 heavy (non-hydrogen) atoms. The highest BCUT2D eigenvalue weighted by molar-refractivity contribution is 7.92. The van der Waals surface area contributed by atoms with Crippen LogP contribution in [0.4, 0.5) is 5.69 Å². The number of sulfonamides is 1. The van der Waals surface area contributed by atoms with Crippen LogP contribution < -0.4 is 9.04 Å². The number of ether oxygens (including phenoxy) is 1. The van der Waals surface area contributed by atoms with Crippen LogP contribution in [0.2, 0.25) is 0 Å². The molecule has 0 aliphatic carbocycles. The van der Waals surface area contributed by atoms with Crippen molar-refractivity contribution in [3.63, 3.8) is 0 Å². The number of methoxy groups -OCH3 is 1. The number of nitrogens with zero attached hydrogens (tertiary/aromatic N) is 2. The zero-order chi connectivity index (χ0) is 19.4. The predicted octanol–water partition coefficient (Wildman–Crippen LogP) is 4.10. The zero-order valence-electron chi connectivity index (χ0n) is 15.6. The van der Waals surface area contributed by atoms with Crippen molar-refractivity contribution in [1.29, 1.82) is 0 Å². The topological polar surface area (TPSA) is 59.5 Å². The molecule has 3 rings (SSSR count). The molecule has 0 saturated heterocycles. The van der Waals surface area contributed by atoms with Gasteiger partial charge in [0.25, 0.3) is 10.0 Å². The number of hydrogen-bond acceptors (Lipinski definition) is 4. The summed E-state index contributed by atoms with van der Waals surface area (Å²) < 4.78 is 33.6. The fraction of sp³-hybridized carbons (Fsp3) is 0.190. The molecule has 0 unspecified atom stereocenters. The van der Waals surface area contributed by atoms with Crippen LogP contribution in [0, 0.1) is 13.8 Å². The van der Waals surface area contributed by atoms with Crippen molar-refractivity contribution in [1.82, 2.24) is 4.98 Å². The van der Waals surface area contributed by atoms with E-state index in [0.29, 0.717) is 16.3 Å². The third-order valence-corrected chi connectivity index (χ3v) is 6.24. The Bertz CT molecular complexity index is 1020. The van der Waals surface area contributed by atoms with Crippen molar-refractivity contribution in [3.05, 3.63) is 83.7 Å². The molecule has 0 atom stereocenters. The van der Waals surface area contributed by atoms with Crippen LogP contribution in [0.15, 0.2) is 71.9 Å². The lowest BCUT2D eigenvalue weighted by molar-refractivity contribution is 0.415. The molecule has 1 heterocycles.